The fourth-order valence-corrected chi connectivity index (χ4v) is 10.7. The molecular formula is C68H52N4OPt-2. The molecule has 0 bridgehead atoms. The summed E-state index contributed by atoms with van der Waals surface area (Å²) in [5.41, 5.74) is 8.74. The molecule has 3 aromatic heterocycles. The van der Waals surface area contributed by atoms with E-state index in [1.165, 1.54) is 36.4 Å². The number of nitrogens with zero attached hydrogens (tertiary/aromatic N) is 4. The molecule has 4 heterocycles. The number of aryl methyl sites for hydroxylation is 4. The van der Waals surface area contributed by atoms with Gasteiger partial charge in [0.2, 0.25) is 0 Å². The molecule has 0 saturated carbocycles. The van der Waals surface area contributed by atoms with E-state index in [0.717, 1.165) is 49.9 Å². The maximum Gasteiger partial charge on any atom is 0.268 e. The van der Waals surface area contributed by atoms with Gasteiger partial charge < -0.3 is 13.9 Å². The van der Waals surface area contributed by atoms with Gasteiger partial charge in [-0.05, 0) is 152 Å². The van der Waals surface area contributed by atoms with Gasteiger partial charge in [0.05, 0.1) is 16.7 Å². The molecule has 6 heteroatoms. The van der Waals surface area contributed by atoms with Crippen molar-refractivity contribution in [3.63, 3.8) is 0 Å². The van der Waals surface area contributed by atoms with Crippen molar-refractivity contribution in [1.82, 2.24) is 14.1 Å². The Bertz CT molecular complexity index is 4630. The molecule has 362 valence electrons. The summed E-state index contributed by atoms with van der Waals surface area (Å²) in [6, 6.07) is 61.7. The van der Waals surface area contributed by atoms with Crippen LogP contribution in [0.2, 0.25) is 0 Å². The van der Waals surface area contributed by atoms with Crippen LogP contribution in [-0.2, 0) is 26.5 Å². The van der Waals surface area contributed by atoms with Crippen LogP contribution in [0, 0.1) is 45.9 Å². The van der Waals surface area contributed by atoms with Gasteiger partial charge in [0.25, 0.3) is 6.33 Å². The molecule has 74 heavy (non-hydrogen) atoms. The minimum atomic E-state index is -2.79. The third kappa shape index (κ3) is 7.64. The monoisotopic (exact) mass is 1150 g/mol. The first-order valence-corrected chi connectivity index (χ1v) is 24.1. The molecule has 0 aliphatic carbocycles. The van der Waals surface area contributed by atoms with Gasteiger partial charge in [-0.2, -0.15) is 18.2 Å². The second-order valence-corrected chi connectivity index (χ2v) is 19.5. The number of hydrogen-bond acceptors (Lipinski definition) is 2. The van der Waals surface area contributed by atoms with Crippen molar-refractivity contribution in [2.45, 2.75) is 53.6 Å². The molecular weight excluding hydrogens is 1080 g/mol. The summed E-state index contributed by atoms with van der Waals surface area (Å²) < 4.78 is 118. The van der Waals surface area contributed by atoms with E-state index in [2.05, 4.69) is 62.0 Å². The van der Waals surface area contributed by atoms with Crippen molar-refractivity contribution in [3.8, 4) is 84.3 Å². The number of hydrogen-bond donors (Lipinski definition) is 0. The third-order valence-corrected chi connectivity index (χ3v) is 14.1. The van der Waals surface area contributed by atoms with Crippen molar-refractivity contribution in [2.75, 3.05) is 0 Å². The Labute approximate surface area is 464 Å². The Kier molecular flexibility index (Phi) is 8.60. The number of pyridine rings is 1. The van der Waals surface area contributed by atoms with Crippen LogP contribution < -0.4 is 9.30 Å². The number of fused-ring (bicyclic) bond motifs is 10. The molecule has 0 saturated heterocycles. The van der Waals surface area contributed by atoms with Crippen LogP contribution in [0.1, 0.15) is 65.0 Å². The first-order valence-electron chi connectivity index (χ1n) is 30.1. The van der Waals surface area contributed by atoms with E-state index in [0.29, 0.717) is 56.2 Å². The Hall–Kier alpha value is -8.11. The first-order chi connectivity index (χ1) is 40.3. The molecule has 0 unspecified atom stereocenters. The SMILES string of the molecule is [2H]C([2H])([2H])c1cccc(C([2H])([2H])[2H])c1-c1ccc2c(c1)-c1cccc(-c3c(C([2H])([2H])[2H])cccc3C([2H])([2H])[2H])c1-[n+]1[c-]n(-c3[c-]c(Oc4[c-]c5c(cc4)c4ccccc4n5-c4cc(C(C)(C)C)ccn4)ccc3)c3cccc(c31)-c1ccccc1-2.[Pt]. The zero-order valence-electron chi connectivity index (χ0n) is 52.4. The minimum absolute atomic E-state index is 0. The van der Waals surface area contributed by atoms with Gasteiger partial charge in [0.1, 0.15) is 5.82 Å². The standard InChI is InChI=1S/C68H52N4O.Pt/c1-42-17-12-18-43(2)64(42)46-31-33-53-51-23-8-9-24-52(51)56-27-16-30-61-67(56)71(66-57(59(53)37-46)26-15-28-58(66)65-44(3)19-13-20-45(65)4)41-70(61)48-21-14-22-49(39-48)73-50-32-34-55-54-25-10-11-29-60(54)72(62(55)40-50)63-38-47(35-36-69-63)68(5,6)7;/h8-38H,1-7H3;/q-2;/i1D3,2D3,3D3,4D3;. The van der Waals surface area contributed by atoms with E-state index in [-0.39, 0.29) is 65.4 Å². The molecule has 1 aliphatic heterocycles. The van der Waals surface area contributed by atoms with Crippen LogP contribution in [-0.4, -0.2) is 14.1 Å². The summed E-state index contributed by atoms with van der Waals surface area (Å²) >= 11 is 0. The summed E-state index contributed by atoms with van der Waals surface area (Å²) in [7, 11) is 0. The molecule has 0 amide bonds. The zero-order chi connectivity index (χ0) is 59.7. The minimum Gasteiger partial charge on any atom is -0.510 e. The summed E-state index contributed by atoms with van der Waals surface area (Å²) in [6.45, 7) is -4.51. The molecule has 0 atom stereocenters. The van der Waals surface area contributed by atoms with Crippen LogP contribution in [0.4, 0.5) is 0 Å². The average molecular weight is 1150 g/mol. The van der Waals surface area contributed by atoms with E-state index >= 15 is 0 Å². The smallest absolute Gasteiger partial charge is 0.268 e. The van der Waals surface area contributed by atoms with Crippen LogP contribution in [0.15, 0.2) is 188 Å². The van der Waals surface area contributed by atoms with Gasteiger partial charge in [0.15, 0.2) is 0 Å². The molecule has 9 aromatic carbocycles. The van der Waals surface area contributed by atoms with E-state index in [1.807, 2.05) is 112 Å². The molecule has 0 N–H and O–H groups in total. The van der Waals surface area contributed by atoms with Crippen LogP contribution >= 0.6 is 0 Å². The van der Waals surface area contributed by atoms with E-state index in [9.17, 15) is 0 Å². The zero-order valence-corrected chi connectivity index (χ0v) is 42.7. The predicted molar refractivity (Wildman–Crippen MR) is 298 cm³/mol. The Morgan fingerprint density at radius 2 is 1.15 bits per heavy atom. The molecule has 1 aliphatic rings. The van der Waals surface area contributed by atoms with Gasteiger partial charge in [-0.3, -0.25) is 4.57 Å². The molecule has 0 spiro atoms. The molecule has 13 rings (SSSR count). The van der Waals surface area contributed by atoms with Gasteiger partial charge in [0, 0.05) is 60.7 Å². The van der Waals surface area contributed by atoms with Crippen molar-refractivity contribution in [2.24, 2.45) is 0 Å². The van der Waals surface area contributed by atoms with Crippen molar-refractivity contribution >= 4 is 32.8 Å². The van der Waals surface area contributed by atoms with Crippen LogP contribution in [0.3, 0.4) is 0 Å². The molecule has 5 nitrogen and oxygen atoms in total. The number of benzene rings is 9. The normalized spacial score (nSPS) is 15.0. The molecule has 0 radical (unpaired) electrons. The first kappa shape index (κ1) is 35.1. The number of aromatic nitrogens is 4. The van der Waals surface area contributed by atoms with E-state index < -0.39 is 27.4 Å². The fourth-order valence-electron chi connectivity index (χ4n) is 10.7. The Balaban J connectivity index is 0.00000724. The van der Waals surface area contributed by atoms with Crippen molar-refractivity contribution < 1.29 is 46.8 Å². The van der Waals surface area contributed by atoms with Gasteiger partial charge in [-0.15, -0.1) is 29.7 Å². The molecule has 12 aromatic rings. The predicted octanol–water partition coefficient (Wildman–Crippen LogP) is 16.8. The number of ether oxygens (including phenoxy) is 1. The summed E-state index contributed by atoms with van der Waals surface area (Å²) in [6.07, 6.45) is 5.49. The van der Waals surface area contributed by atoms with Gasteiger partial charge in [-0.1, -0.05) is 154 Å². The number of rotatable bonds is 6. The van der Waals surface area contributed by atoms with Gasteiger partial charge in [-0.25, -0.2) is 4.98 Å². The fraction of sp³-hybridized carbons (Fsp3) is 0.118. The second-order valence-electron chi connectivity index (χ2n) is 19.5. The Morgan fingerprint density at radius 1 is 0.527 bits per heavy atom. The van der Waals surface area contributed by atoms with E-state index in [4.69, 9.17) is 26.2 Å². The molecule has 0 fully saturated rings. The average Bonchev–Trinajstić information content (AvgIpc) is 1.55. The van der Waals surface area contributed by atoms with Crippen molar-refractivity contribution in [1.29, 1.82) is 0 Å². The van der Waals surface area contributed by atoms with Crippen LogP contribution in [0.5, 0.6) is 11.5 Å². The maximum absolute atomic E-state index is 8.90. The quantitative estimate of drug-likeness (QED) is 0.123. The second kappa shape index (κ2) is 18.1. The van der Waals surface area contributed by atoms with Crippen molar-refractivity contribution in [3.05, 3.63) is 234 Å². The summed E-state index contributed by atoms with van der Waals surface area (Å²) in [5.74, 6) is 1.53. The number of imidazole rings is 1. The largest absolute Gasteiger partial charge is 0.510 e. The Morgan fingerprint density at radius 3 is 1.92 bits per heavy atom. The summed E-state index contributed by atoms with van der Waals surface area (Å²) in [5, 5.41) is 2.01. The van der Waals surface area contributed by atoms with Crippen LogP contribution in [0.25, 0.3) is 106 Å². The maximum atomic E-state index is 8.90. The van der Waals surface area contributed by atoms with E-state index in [1.54, 1.807) is 30.3 Å². The third-order valence-electron chi connectivity index (χ3n) is 14.1. The topological polar surface area (TPSA) is 35.9 Å². The summed E-state index contributed by atoms with van der Waals surface area (Å²) in [4.78, 5) is 4.84. The van der Waals surface area contributed by atoms with Gasteiger partial charge >= 0.3 is 0 Å². The number of para-hydroxylation sites is 3.